The minimum absolute atomic E-state index is 0.0205. The molecule has 0 spiro atoms. The Kier molecular flexibility index (Phi) is 5.64. The molecule has 0 fully saturated rings. The third-order valence-corrected chi connectivity index (χ3v) is 5.66. The first-order chi connectivity index (χ1) is 13.9. The van der Waals surface area contributed by atoms with Crippen molar-refractivity contribution in [2.24, 2.45) is 0 Å². The summed E-state index contributed by atoms with van der Waals surface area (Å²) < 4.78 is 0. The maximum Gasteiger partial charge on any atom is 0.256 e. The summed E-state index contributed by atoms with van der Waals surface area (Å²) in [5.74, 6) is -0.0205. The van der Waals surface area contributed by atoms with E-state index in [-0.39, 0.29) is 5.91 Å². The van der Waals surface area contributed by atoms with E-state index in [2.05, 4.69) is 49.3 Å². The zero-order chi connectivity index (χ0) is 20.5. The van der Waals surface area contributed by atoms with Gasteiger partial charge in [0.1, 0.15) is 0 Å². The van der Waals surface area contributed by atoms with Crippen LogP contribution in [0.25, 0.3) is 11.1 Å². The minimum atomic E-state index is -0.0205. The lowest BCUT2D eigenvalue weighted by molar-refractivity contribution is 0.0767. The van der Waals surface area contributed by atoms with Gasteiger partial charge in [-0.05, 0) is 66.2 Å². The van der Waals surface area contributed by atoms with Gasteiger partial charge in [0.15, 0.2) is 0 Å². The largest absolute Gasteiger partial charge is 0.330 e. The number of amides is 1. The van der Waals surface area contributed by atoms with Crippen molar-refractivity contribution in [3.63, 3.8) is 0 Å². The summed E-state index contributed by atoms with van der Waals surface area (Å²) in [5.41, 5.74) is 6.03. The van der Waals surface area contributed by atoms with Crippen LogP contribution in [0.1, 0.15) is 27.0 Å². The second kappa shape index (κ2) is 8.19. The lowest BCUT2D eigenvalue weighted by Gasteiger charge is -2.15. The third kappa shape index (κ3) is 4.32. The van der Waals surface area contributed by atoms with E-state index in [1.165, 1.54) is 5.56 Å². The van der Waals surface area contributed by atoms with Crippen LogP contribution in [0.3, 0.4) is 0 Å². The first-order valence-electron chi connectivity index (χ1n) is 9.51. The number of hydrogen-bond acceptors (Lipinski definition) is 2. The molecule has 148 valence electrons. The van der Waals surface area contributed by atoms with Gasteiger partial charge in [-0.25, -0.2) is 0 Å². The smallest absolute Gasteiger partial charge is 0.256 e. The summed E-state index contributed by atoms with van der Waals surface area (Å²) in [6.45, 7) is 2.00. The van der Waals surface area contributed by atoms with Gasteiger partial charge in [-0.2, -0.15) is 0 Å². The molecule has 1 aliphatic heterocycles. The van der Waals surface area contributed by atoms with Crippen molar-refractivity contribution >= 4 is 29.1 Å². The molecule has 0 unspecified atom stereocenters. The molecule has 5 heteroatoms. The zero-order valence-corrected chi connectivity index (χ0v) is 18.0. The van der Waals surface area contributed by atoms with Crippen LogP contribution in [0, 0.1) is 0 Å². The molecule has 0 saturated heterocycles. The van der Waals surface area contributed by atoms with E-state index in [9.17, 15) is 4.79 Å². The highest BCUT2D eigenvalue weighted by Crippen LogP contribution is 2.35. The third-order valence-electron chi connectivity index (χ3n) is 5.11. The van der Waals surface area contributed by atoms with E-state index >= 15 is 0 Å². The molecule has 0 bridgehead atoms. The highest BCUT2D eigenvalue weighted by Gasteiger charge is 2.30. The van der Waals surface area contributed by atoms with Crippen LogP contribution < -0.4 is 0 Å². The van der Waals surface area contributed by atoms with Crippen molar-refractivity contribution in [1.29, 1.82) is 0 Å². The number of rotatable bonds is 5. The Balaban J connectivity index is 1.58. The van der Waals surface area contributed by atoms with E-state index < -0.39 is 0 Å². The fraction of sp³-hybridized carbons (Fsp3) is 0.208. The van der Waals surface area contributed by atoms with Gasteiger partial charge >= 0.3 is 0 Å². The van der Waals surface area contributed by atoms with Crippen molar-refractivity contribution in [3.8, 4) is 11.1 Å². The Morgan fingerprint density at radius 2 is 1.55 bits per heavy atom. The molecule has 1 amide bonds. The Hall–Kier alpha value is -2.33. The predicted molar refractivity (Wildman–Crippen MR) is 119 cm³/mol. The first-order valence-corrected chi connectivity index (χ1v) is 10.3. The summed E-state index contributed by atoms with van der Waals surface area (Å²) in [6, 6.07) is 20.0. The average Bonchev–Trinajstić information content (AvgIpc) is 2.99. The number of carbonyl (C=O) groups is 1. The fourth-order valence-electron chi connectivity index (χ4n) is 3.74. The van der Waals surface area contributed by atoms with Crippen LogP contribution in [-0.2, 0) is 19.6 Å². The molecular weight excluding hydrogens is 403 g/mol. The molecule has 29 heavy (non-hydrogen) atoms. The van der Waals surface area contributed by atoms with E-state index in [1.54, 1.807) is 0 Å². The topological polar surface area (TPSA) is 23.6 Å². The van der Waals surface area contributed by atoms with Gasteiger partial charge < -0.3 is 9.80 Å². The molecule has 4 rings (SSSR count). The Labute approximate surface area is 181 Å². The molecule has 1 aliphatic rings. The molecule has 1 heterocycles. The van der Waals surface area contributed by atoms with E-state index in [0.717, 1.165) is 28.8 Å². The van der Waals surface area contributed by atoms with Gasteiger partial charge in [0, 0.05) is 24.7 Å². The van der Waals surface area contributed by atoms with E-state index in [4.69, 9.17) is 23.2 Å². The van der Waals surface area contributed by atoms with Gasteiger partial charge in [0.25, 0.3) is 5.91 Å². The van der Waals surface area contributed by atoms with Crippen LogP contribution in [0.4, 0.5) is 0 Å². The van der Waals surface area contributed by atoms with Crippen molar-refractivity contribution in [1.82, 2.24) is 9.80 Å². The monoisotopic (exact) mass is 424 g/mol. The summed E-state index contributed by atoms with van der Waals surface area (Å²) >= 11 is 12.5. The Morgan fingerprint density at radius 3 is 2.21 bits per heavy atom. The quantitative estimate of drug-likeness (QED) is 0.510. The maximum atomic E-state index is 12.9. The van der Waals surface area contributed by atoms with Crippen LogP contribution in [0.5, 0.6) is 0 Å². The van der Waals surface area contributed by atoms with Gasteiger partial charge in [-0.15, -0.1) is 0 Å². The van der Waals surface area contributed by atoms with Crippen molar-refractivity contribution in [2.45, 2.75) is 19.6 Å². The van der Waals surface area contributed by atoms with Crippen LogP contribution in [-0.4, -0.2) is 29.8 Å². The van der Waals surface area contributed by atoms with Gasteiger partial charge in [-0.3, -0.25) is 4.79 Å². The van der Waals surface area contributed by atoms with Crippen molar-refractivity contribution < 1.29 is 4.79 Å². The number of halogens is 2. The van der Waals surface area contributed by atoms with Crippen LogP contribution in [0.15, 0.2) is 60.7 Å². The molecule has 0 aromatic heterocycles. The molecule has 3 aromatic carbocycles. The molecule has 0 radical (unpaired) electrons. The van der Waals surface area contributed by atoms with Crippen molar-refractivity contribution in [2.75, 3.05) is 14.1 Å². The molecule has 0 aliphatic carbocycles. The number of fused-ring (bicyclic) bond motifs is 1. The van der Waals surface area contributed by atoms with Gasteiger partial charge in [0.05, 0.1) is 10.6 Å². The predicted octanol–water partition coefficient (Wildman–Crippen LogP) is 5.88. The summed E-state index contributed by atoms with van der Waals surface area (Å²) in [4.78, 5) is 16.9. The SMILES string of the molecule is CN(C)Cc1ccc(-c2cc(Cl)c3c(c2)CN(Cc2ccc(Cl)cc2)C3=O)cc1. The van der Waals surface area contributed by atoms with Crippen LogP contribution in [0.2, 0.25) is 10.0 Å². The molecule has 0 atom stereocenters. The standard InChI is InChI=1S/C24H22Cl2N2O/c1-27(2)13-16-3-7-18(8-4-16)19-11-20-15-28(24(29)23(20)22(26)12-19)14-17-5-9-21(25)10-6-17/h3-12H,13-15H2,1-2H3. The Bertz CT molecular complexity index is 1040. The summed E-state index contributed by atoms with van der Waals surface area (Å²) in [7, 11) is 4.11. The molecule has 3 nitrogen and oxygen atoms in total. The summed E-state index contributed by atoms with van der Waals surface area (Å²) in [6.07, 6.45) is 0. The molecular formula is C24H22Cl2N2O. The number of nitrogens with zero attached hydrogens (tertiary/aromatic N) is 2. The first kappa shape index (κ1) is 20.0. The molecule has 0 N–H and O–H groups in total. The maximum absolute atomic E-state index is 12.9. The van der Waals surface area contributed by atoms with Crippen molar-refractivity contribution in [3.05, 3.63) is 93.0 Å². The highest BCUT2D eigenvalue weighted by molar-refractivity contribution is 6.34. The molecule has 3 aromatic rings. The van der Waals surface area contributed by atoms with Gasteiger partial charge in [0.2, 0.25) is 0 Å². The fourth-order valence-corrected chi connectivity index (χ4v) is 4.18. The molecule has 0 saturated carbocycles. The second-order valence-electron chi connectivity index (χ2n) is 7.71. The Morgan fingerprint density at radius 1 is 0.897 bits per heavy atom. The second-order valence-corrected chi connectivity index (χ2v) is 8.56. The number of carbonyl (C=O) groups excluding carboxylic acids is 1. The average molecular weight is 425 g/mol. The highest BCUT2D eigenvalue weighted by atomic mass is 35.5. The zero-order valence-electron chi connectivity index (χ0n) is 16.5. The normalized spacial score (nSPS) is 13.3. The number of benzene rings is 3. The summed E-state index contributed by atoms with van der Waals surface area (Å²) in [5, 5.41) is 1.20. The minimum Gasteiger partial charge on any atom is -0.330 e. The lowest BCUT2D eigenvalue weighted by atomic mass is 9.99. The number of hydrogen-bond donors (Lipinski definition) is 0. The lowest BCUT2D eigenvalue weighted by Crippen LogP contribution is -2.23. The van der Waals surface area contributed by atoms with Crippen LogP contribution >= 0.6 is 23.2 Å². The van der Waals surface area contributed by atoms with E-state index in [1.807, 2.05) is 35.2 Å². The van der Waals surface area contributed by atoms with Gasteiger partial charge in [-0.1, -0.05) is 59.6 Å². The van der Waals surface area contributed by atoms with E-state index in [0.29, 0.717) is 28.7 Å².